The molecule has 23 heavy (non-hydrogen) atoms. The van der Waals surface area contributed by atoms with Gasteiger partial charge in [-0.3, -0.25) is 4.90 Å². The van der Waals surface area contributed by atoms with Crippen LogP contribution in [0.5, 0.6) is 0 Å². The van der Waals surface area contributed by atoms with E-state index in [0.29, 0.717) is 5.54 Å². The molecule has 2 aliphatic rings. The molecule has 1 saturated heterocycles. The van der Waals surface area contributed by atoms with Crippen LogP contribution in [0.15, 0.2) is 6.08 Å². The minimum absolute atomic E-state index is 0.448. The van der Waals surface area contributed by atoms with Crippen LogP contribution in [0.25, 0.3) is 6.20 Å². The molecule has 0 radical (unpaired) electrons. The van der Waals surface area contributed by atoms with Crippen LogP contribution < -0.4 is 5.32 Å². The largest absolute Gasteiger partial charge is 0.309 e. The summed E-state index contributed by atoms with van der Waals surface area (Å²) < 4.78 is 2.32. The zero-order chi connectivity index (χ0) is 16.9. The van der Waals surface area contributed by atoms with Crippen molar-refractivity contribution in [2.75, 3.05) is 19.6 Å². The van der Waals surface area contributed by atoms with Crippen LogP contribution in [0, 0.1) is 6.92 Å². The molecule has 4 nitrogen and oxygen atoms in total. The van der Waals surface area contributed by atoms with Gasteiger partial charge in [0.2, 0.25) is 0 Å². The Morgan fingerprint density at radius 3 is 2.61 bits per heavy atom. The van der Waals surface area contributed by atoms with Gasteiger partial charge in [-0.1, -0.05) is 33.8 Å². The van der Waals surface area contributed by atoms with E-state index < -0.39 is 0 Å². The van der Waals surface area contributed by atoms with Crippen molar-refractivity contribution in [3.05, 3.63) is 23.3 Å². The molecule has 4 heteroatoms. The smallest absolute Gasteiger partial charge is 0.113 e. The number of hydrogen-bond acceptors (Lipinski definition) is 3. The first kappa shape index (κ1) is 18.2. The molecule has 0 atom stereocenters. The second-order valence-corrected chi connectivity index (χ2v) is 6.49. The fourth-order valence-corrected chi connectivity index (χ4v) is 3.34. The molecule has 3 rings (SSSR count). The summed E-state index contributed by atoms with van der Waals surface area (Å²) in [5.74, 6) is 1.18. The lowest BCUT2D eigenvalue weighted by molar-refractivity contribution is 0.179. The van der Waals surface area contributed by atoms with Crippen LogP contribution in [-0.4, -0.2) is 39.6 Å². The van der Waals surface area contributed by atoms with Crippen molar-refractivity contribution in [2.24, 2.45) is 0 Å². The van der Waals surface area contributed by atoms with Gasteiger partial charge in [-0.05, 0) is 26.2 Å². The van der Waals surface area contributed by atoms with Crippen molar-refractivity contribution in [3.63, 3.8) is 0 Å². The van der Waals surface area contributed by atoms with E-state index in [2.05, 4.69) is 47.8 Å². The fraction of sp³-hybridized carbons (Fsp3) is 0.737. The summed E-state index contributed by atoms with van der Waals surface area (Å²) in [5, 5.41) is 3.69. The van der Waals surface area contributed by atoms with Crippen LogP contribution in [0.1, 0.15) is 64.2 Å². The van der Waals surface area contributed by atoms with Crippen molar-refractivity contribution in [1.82, 2.24) is 19.8 Å². The Hall–Kier alpha value is -1.13. The number of allylic oxidation sites excluding steroid dienone is 1. The zero-order valence-electron chi connectivity index (χ0n) is 15.7. The van der Waals surface area contributed by atoms with E-state index in [-0.39, 0.29) is 0 Å². The van der Waals surface area contributed by atoms with Gasteiger partial charge in [-0.25, -0.2) is 4.98 Å². The van der Waals surface area contributed by atoms with E-state index in [1.807, 2.05) is 13.8 Å². The number of nitrogens with one attached hydrogen (secondary N) is 1. The maximum Gasteiger partial charge on any atom is 0.113 e. The third-order valence-corrected chi connectivity index (χ3v) is 4.77. The van der Waals surface area contributed by atoms with Gasteiger partial charge in [0.1, 0.15) is 5.82 Å². The highest BCUT2D eigenvalue weighted by atomic mass is 15.3. The molecule has 2 fully saturated rings. The summed E-state index contributed by atoms with van der Waals surface area (Å²) in [6, 6.07) is 0. The van der Waals surface area contributed by atoms with Crippen LogP contribution in [0.2, 0.25) is 0 Å². The summed E-state index contributed by atoms with van der Waals surface area (Å²) in [6.07, 6.45) is 9.18. The molecular formula is C19H34N4. The first-order valence-corrected chi connectivity index (χ1v) is 9.38. The highest BCUT2D eigenvalue weighted by Crippen LogP contribution is 2.37. The highest BCUT2D eigenvalue weighted by molar-refractivity contribution is 5.32. The van der Waals surface area contributed by atoms with Crippen molar-refractivity contribution >= 4 is 6.20 Å². The maximum absolute atomic E-state index is 4.77. The van der Waals surface area contributed by atoms with E-state index in [1.165, 1.54) is 36.6 Å². The normalized spacial score (nSPS) is 19.9. The number of piperazine rings is 1. The number of aromatic nitrogens is 2. The summed E-state index contributed by atoms with van der Waals surface area (Å²) in [7, 11) is 0. The number of rotatable bonds is 5. The lowest BCUT2D eigenvalue weighted by Gasteiger charge is -2.34. The monoisotopic (exact) mass is 318 g/mol. The molecule has 0 amide bonds. The first-order chi connectivity index (χ1) is 11.2. The van der Waals surface area contributed by atoms with Crippen molar-refractivity contribution < 1.29 is 0 Å². The van der Waals surface area contributed by atoms with Gasteiger partial charge < -0.3 is 9.88 Å². The van der Waals surface area contributed by atoms with Gasteiger partial charge in [0, 0.05) is 44.3 Å². The van der Waals surface area contributed by atoms with Crippen LogP contribution in [0.4, 0.5) is 0 Å². The third kappa shape index (κ3) is 4.24. The van der Waals surface area contributed by atoms with E-state index in [0.717, 1.165) is 32.5 Å². The van der Waals surface area contributed by atoms with Crippen molar-refractivity contribution in [2.45, 2.75) is 72.4 Å². The molecule has 1 aliphatic heterocycles. The molecule has 1 aromatic rings. The Labute approximate surface area is 142 Å². The third-order valence-electron chi connectivity index (χ3n) is 4.77. The maximum atomic E-state index is 4.77. The second kappa shape index (κ2) is 8.11. The second-order valence-electron chi connectivity index (χ2n) is 6.49. The van der Waals surface area contributed by atoms with Crippen LogP contribution in [0.3, 0.4) is 0 Å². The number of imidazole rings is 1. The van der Waals surface area contributed by atoms with Gasteiger partial charge in [-0.15, -0.1) is 0 Å². The topological polar surface area (TPSA) is 33.1 Å². The SMILES string of the molecule is CC.CC/C=C\n1c(CC)nc(C)c1CN1CCNC2(CC2)C1. The number of aryl methyl sites for hydroxylation is 2. The van der Waals surface area contributed by atoms with Gasteiger partial charge in [-0.2, -0.15) is 0 Å². The average molecular weight is 319 g/mol. The highest BCUT2D eigenvalue weighted by Gasteiger charge is 2.45. The van der Waals surface area contributed by atoms with Gasteiger partial charge in [0.05, 0.1) is 11.4 Å². The Morgan fingerprint density at radius 2 is 2.00 bits per heavy atom. The first-order valence-electron chi connectivity index (χ1n) is 9.38. The van der Waals surface area contributed by atoms with Crippen LogP contribution >= 0.6 is 0 Å². The number of nitrogens with zero attached hydrogens (tertiary/aromatic N) is 3. The van der Waals surface area contributed by atoms with E-state index in [1.54, 1.807) is 0 Å². The summed E-state index contributed by atoms with van der Waals surface area (Å²) in [5.41, 5.74) is 3.01. The Bertz CT molecular complexity index is 526. The van der Waals surface area contributed by atoms with Crippen molar-refractivity contribution in [3.8, 4) is 0 Å². The van der Waals surface area contributed by atoms with Gasteiger partial charge in [0.15, 0.2) is 0 Å². The average Bonchev–Trinajstić information content (AvgIpc) is 3.25. The van der Waals surface area contributed by atoms with E-state index in [4.69, 9.17) is 4.98 Å². The minimum Gasteiger partial charge on any atom is -0.309 e. The predicted molar refractivity (Wildman–Crippen MR) is 98.6 cm³/mol. The standard InChI is InChI=1S/C17H28N4.C2H6/c1-4-6-10-21-15(14(3)19-16(21)5-2)12-20-11-9-18-17(13-20)7-8-17;1-2/h6,10,18H,4-5,7-9,11-13H2,1-3H3;1-2H3/b10-6-;. The summed E-state index contributed by atoms with van der Waals surface area (Å²) in [6.45, 7) is 15.0. The number of hydrogen-bond donors (Lipinski definition) is 1. The quantitative estimate of drug-likeness (QED) is 0.900. The zero-order valence-corrected chi connectivity index (χ0v) is 15.7. The molecule has 0 aromatic carbocycles. The summed E-state index contributed by atoms with van der Waals surface area (Å²) in [4.78, 5) is 7.37. The van der Waals surface area contributed by atoms with E-state index in [9.17, 15) is 0 Å². The Morgan fingerprint density at radius 1 is 1.26 bits per heavy atom. The molecular weight excluding hydrogens is 284 g/mol. The molecule has 1 aromatic heterocycles. The van der Waals surface area contributed by atoms with Crippen LogP contribution in [-0.2, 0) is 13.0 Å². The lowest BCUT2D eigenvalue weighted by Crippen LogP contribution is -2.52. The van der Waals surface area contributed by atoms with Crippen molar-refractivity contribution in [1.29, 1.82) is 0 Å². The molecule has 1 spiro atoms. The molecule has 1 aliphatic carbocycles. The van der Waals surface area contributed by atoms with E-state index >= 15 is 0 Å². The predicted octanol–water partition coefficient (Wildman–Crippen LogP) is 3.60. The molecule has 130 valence electrons. The molecule has 1 N–H and O–H groups in total. The minimum atomic E-state index is 0.448. The Balaban J connectivity index is 0.000000924. The fourth-order valence-electron chi connectivity index (χ4n) is 3.34. The Kier molecular flexibility index (Phi) is 6.42. The van der Waals surface area contributed by atoms with Gasteiger partial charge in [0.25, 0.3) is 0 Å². The van der Waals surface area contributed by atoms with Gasteiger partial charge >= 0.3 is 0 Å². The molecule has 2 heterocycles. The molecule has 1 saturated carbocycles. The summed E-state index contributed by atoms with van der Waals surface area (Å²) >= 11 is 0. The lowest BCUT2D eigenvalue weighted by atomic mass is 10.1. The molecule has 0 unspecified atom stereocenters. The molecule has 0 bridgehead atoms.